The van der Waals surface area contributed by atoms with E-state index in [2.05, 4.69) is 0 Å². The van der Waals surface area contributed by atoms with Gasteiger partial charge in [0.1, 0.15) is 0 Å². The zero-order valence-electron chi connectivity index (χ0n) is 5.29. The number of benzene rings is 1. The number of hydrogen-bond acceptors (Lipinski definition) is 2. The van der Waals surface area contributed by atoms with Gasteiger partial charge in [-0.3, -0.25) is 0 Å². The fourth-order valence-corrected chi connectivity index (χ4v) is 0.481. The van der Waals surface area contributed by atoms with Crippen molar-refractivity contribution in [1.82, 2.24) is 0 Å². The van der Waals surface area contributed by atoms with E-state index in [1.54, 1.807) is 18.2 Å². The number of rotatable bonds is 0. The molecule has 0 fully saturated rings. The number of anilines is 1. The van der Waals surface area contributed by atoms with E-state index in [1.165, 1.54) is 6.07 Å². The maximum absolute atomic E-state index is 10.5. The Hall–Kier alpha value is 0.872. The molecule has 2 N–H and O–H groups in total. The Morgan fingerprint density at radius 3 is 2.11 bits per heavy atom. The van der Waals surface area contributed by atoms with Crippen LogP contribution in [0.2, 0.25) is 0 Å². The molecular formula is C6H6CsNO. The summed E-state index contributed by atoms with van der Waals surface area (Å²) in [5, 5.41) is 10.5. The first-order valence-corrected chi connectivity index (χ1v) is 2.32. The summed E-state index contributed by atoms with van der Waals surface area (Å²) in [7, 11) is 0. The van der Waals surface area contributed by atoms with E-state index in [4.69, 9.17) is 5.73 Å². The molecule has 3 heteroatoms. The molecule has 1 aromatic rings. The maximum atomic E-state index is 10.5. The Morgan fingerprint density at radius 2 is 1.78 bits per heavy atom. The average Bonchev–Trinajstić information content (AvgIpc) is 1.77. The fraction of sp³-hybridized carbons (Fsp3) is 0. The van der Waals surface area contributed by atoms with E-state index in [9.17, 15) is 5.11 Å². The normalized spacial score (nSPS) is 8.00. The molecule has 1 rings (SSSR count). The minimum absolute atomic E-state index is 0. The van der Waals surface area contributed by atoms with Crippen molar-refractivity contribution in [3.8, 4) is 5.75 Å². The minimum Gasteiger partial charge on any atom is -0.871 e. The average molecular weight is 241 g/mol. The molecule has 42 valence electrons. The topological polar surface area (TPSA) is 49.1 Å². The molecule has 2 nitrogen and oxygen atoms in total. The van der Waals surface area contributed by atoms with Crippen molar-refractivity contribution in [1.29, 1.82) is 0 Å². The van der Waals surface area contributed by atoms with Gasteiger partial charge in [-0.05, 0) is 6.07 Å². The third-order valence-corrected chi connectivity index (χ3v) is 0.919. The molecule has 1 aromatic carbocycles. The largest absolute Gasteiger partial charge is 1.00 e. The second-order valence-electron chi connectivity index (χ2n) is 1.54. The SMILES string of the molecule is Nc1ccccc1[O-].[Cs+]. The van der Waals surface area contributed by atoms with Crippen LogP contribution in [0.5, 0.6) is 5.75 Å². The van der Waals surface area contributed by atoms with Crippen LogP contribution >= 0.6 is 0 Å². The number of hydrogen-bond donors (Lipinski definition) is 1. The Labute approximate surface area is 113 Å². The quantitative estimate of drug-likeness (QED) is 0.504. The first-order valence-electron chi connectivity index (χ1n) is 2.32. The van der Waals surface area contributed by atoms with Gasteiger partial charge in [0.05, 0.1) is 0 Å². The van der Waals surface area contributed by atoms with Gasteiger partial charge in [-0.2, -0.15) is 0 Å². The van der Waals surface area contributed by atoms with Crippen LogP contribution in [0, 0.1) is 0 Å². The van der Waals surface area contributed by atoms with Crippen molar-refractivity contribution in [2.45, 2.75) is 0 Å². The van der Waals surface area contributed by atoms with Crippen molar-refractivity contribution in [2.24, 2.45) is 0 Å². The summed E-state index contributed by atoms with van der Waals surface area (Å²) in [4.78, 5) is 0. The zero-order valence-corrected chi connectivity index (χ0v) is 11.6. The van der Waals surface area contributed by atoms with Crippen molar-refractivity contribution in [3.63, 3.8) is 0 Å². The van der Waals surface area contributed by atoms with Crippen LogP contribution in [0.4, 0.5) is 5.69 Å². The fourth-order valence-electron chi connectivity index (χ4n) is 0.481. The molecule has 0 atom stereocenters. The molecule has 0 radical (unpaired) electrons. The Balaban J connectivity index is 0.000000640. The minimum atomic E-state index is -0.104. The second kappa shape index (κ2) is 4.65. The molecular weight excluding hydrogens is 235 g/mol. The molecule has 0 saturated carbocycles. The molecule has 0 aliphatic heterocycles. The summed E-state index contributed by atoms with van der Waals surface area (Å²) in [6.45, 7) is 0. The van der Waals surface area contributed by atoms with Crippen LogP contribution in [-0.4, -0.2) is 0 Å². The van der Waals surface area contributed by atoms with Gasteiger partial charge in [0.2, 0.25) is 0 Å². The van der Waals surface area contributed by atoms with E-state index in [-0.39, 0.29) is 74.6 Å². The Morgan fingerprint density at radius 1 is 1.22 bits per heavy atom. The predicted octanol–water partition coefficient (Wildman–Crippen LogP) is -2.65. The van der Waals surface area contributed by atoms with Crippen molar-refractivity contribution in [3.05, 3.63) is 24.3 Å². The molecule has 0 spiro atoms. The monoisotopic (exact) mass is 241 g/mol. The van der Waals surface area contributed by atoms with Gasteiger partial charge < -0.3 is 10.8 Å². The summed E-state index contributed by atoms with van der Waals surface area (Å²) in [6, 6.07) is 6.42. The third-order valence-electron chi connectivity index (χ3n) is 0.919. The van der Waals surface area contributed by atoms with Crippen LogP contribution in [0.15, 0.2) is 24.3 Å². The van der Waals surface area contributed by atoms with Crippen LogP contribution in [0.3, 0.4) is 0 Å². The number of nitrogen functional groups attached to an aromatic ring is 1. The first kappa shape index (κ1) is 9.87. The molecule has 9 heavy (non-hydrogen) atoms. The van der Waals surface area contributed by atoms with E-state index in [0.717, 1.165) is 0 Å². The number of para-hydroxylation sites is 2. The molecule has 0 heterocycles. The van der Waals surface area contributed by atoms with Gasteiger partial charge in [-0.1, -0.05) is 23.9 Å². The first-order chi connectivity index (χ1) is 3.80. The van der Waals surface area contributed by atoms with Gasteiger partial charge >= 0.3 is 68.9 Å². The van der Waals surface area contributed by atoms with E-state index in [1.807, 2.05) is 0 Å². The van der Waals surface area contributed by atoms with Gasteiger partial charge in [-0.25, -0.2) is 0 Å². The Bertz CT molecular complexity index is 169. The Kier molecular flexibility index (Phi) is 5.10. The molecule has 0 unspecified atom stereocenters. The summed E-state index contributed by atoms with van der Waals surface area (Å²) >= 11 is 0. The summed E-state index contributed by atoms with van der Waals surface area (Å²) in [5.74, 6) is -0.104. The number of nitrogens with two attached hydrogens (primary N) is 1. The third kappa shape index (κ3) is 2.97. The standard InChI is InChI=1S/C6H7NO.Cs/c7-5-3-1-2-4-6(5)8;/h1-4,8H,7H2;/q;+1/p-1. The van der Waals surface area contributed by atoms with Crippen LogP contribution in [0.1, 0.15) is 0 Å². The predicted molar refractivity (Wildman–Crippen MR) is 30.3 cm³/mol. The molecule has 0 saturated heterocycles. The van der Waals surface area contributed by atoms with E-state index < -0.39 is 0 Å². The van der Waals surface area contributed by atoms with Crippen molar-refractivity contribution < 1.29 is 74.0 Å². The zero-order chi connectivity index (χ0) is 5.98. The van der Waals surface area contributed by atoms with Crippen molar-refractivity contribution in [2.75, 3.05) is 5.73 Å². The van der Waals surface area contributed by atoms with Crippen LogP contribution in [-0.2, 0) is 0 Å². The van der Waals surface area contributed by atoms with Gasteiger partial charge in [0.25, 0.3) is 0 Å². The van der Waals surface area contributed by atoms with Crippen LogP contribution < -0.4 is 79.7 Å². The van der Waals surface area contributed by atoms with Crippen LogP contribution in [0.25, 0.3) is 0 Å². The smallest absolute Gasteiger partial charge is 0.871 e. The van der Waals surface area contributed by atoms with E-state index in [0.29, 0.717) is 5.69 Å². The van der Waals surface area contributed by atoms with Gasteiger partial charge in [-0.15, -0.1) is 0 Å². The molecule has 0 amide bonds. The van der Waals surface area contributed by atoms with Gasteiger partial charge in [0, 0.05) is 5.69 Å². The molecule has 0 aliphatic rings. The summed E-state index contributed by atoms with van der Waals surface area (Å²) < 4.78 is 0. The molecule has 0 aliphatic carbocycles. The second-order valence-corrected chi connectivity index (χ2v) is 1.54. The van der Waals surface area contributed by atoms with Crippen molar-refractivity contribution >= 4 is 5.69 Å². The molecule has 0 bridgehead atoms. The maximum Gasteiger partial charge on any atom is 1.00 e. The van der Waals surface area contributed by atoms with Gasteiger partial charge in [0.15, 0.2) is 0 Å². The van der Waals surface area contributed by atoms with E-state index >= 15 is 0 Å². The summed E-state index contributed by atoms with van der Waals surface area (Å²) in [5.41, 5.74) is 5.52. The molecule has 0 aromatic heterocycles. The summed E-state index contributed by atoms with van der Waals surface area (Å²) in [6.07, 6.45) is 0.